The van der Waals surface area contributed by atoms with Gasteiger partial charge in [0.05, 0.1) is 0 Å². The maximum atomic E-state index is 11.3. The molecule has 0 spiro atoms. The average Bonchev–Trinajstić information content (AvgIpc) is 2.58. The Labute approximate surface area is 110 Å². The van der Waals surface area contributed by atoms with Crippen molar-refractivity contribution in [2.75, 3.05) is 0 Å². The van der Waals surface area contributed by atoms with Crippen molar-refractivity contribution in [1.29, 1.82) is 0 Å². The van der Waals surface area contributed by atoms with Crippen LogP contribution in [-0.4, -0.2) is 11.9 Å². The average molecular weight is 252 g/mol. The number of rotatable bonds is 9. The van der Waals surface area contributed by atoms with Crippen molar-refractivity contribution in [2.45, 2.75) is 71.6 Å². The second kappa shape index (κ2) is 8.06. The van der Waals surface area contributed by atoms with Gasteiger partial charge in [-0.15, -0.1) is 0 Å². The SMILES string of the molecule is CCCCCCCCCCC1=C(C)C(=O)OC1=O. The number of hydrogen-bond acceptors (Lipinski definition) is 3. The van der Waals surface area contributed by atoms with E-state index in [4.69, 9.17) is 0 Å². The van der Waals surface area contributed by atoms with Gasteiger partial charge in [0.1, 0.15) is 0 Å². The molecule has 0 saturated heterocycles. The van der Waals surface area contributed by atoms with E-state index < -0.39 is 11.9 Å². The van der Waals surface area contributed by atoms with E-state index in [0.29, 0.717) is 17.6 Å². The van der Waals surface area contributed by atoms with E-state index in [1.807, 2.05) is 0 Å². The predicted molar refractivity (Wildman–Crippen MR) is 71.0 cm³/mol. The summed E-state index contributed by atoms with van der Waals surface area (Å²) >= 11 is 0. The summed E-state index contributed by atoms with van der Waals surface area (Å²) < 4.78 is 4.56. The van der Waals surface area contributed by atoms with E-state index in [1.54, 1.807) is 6.92 Å². The first-order chi connectivity index (χ1) is 8.66. The topological polar surface area (TPSA) is 43.4 Å². The summed E-state index contributed by atoms with van der Waals surface area (Å²) in [5.41, 5.74) is 1.09. The second-order valence-corrected chi connectivity index (χ2v) is 5.01. The summed E-state index contributed by atoms with van der Waals surface area (Å²) in [5.74, 6) is -0.894. The Morgan fingerprint density at radius 3 is 1.89 bits per heavy atom. The minimum atomic E-state index is -0.463. The van der Waals surface area contributed by atoms with Gasteiger partial charge in [-0.3, -0.25) is 0 Å². The molecule has 0 aromatic rings. The van der Waals surface area contributed by atoms with Gasteiger partial charge in [0.15, 0.2) is 0 Å². The smallest absolute Gasteiger partial charge is 0.342 e. The number of esters is 2. The van der Waals surface area contributed by atoms with Crippen molar-refractivity contribution >= 4 is 11.9 Å². The Kier molecular flexibility index (Phi) is 6.69. The van der Waals surface area contributed by atoms with Gasteiger partial charge in [0, 0.05) is 11.1 Å². The number of hydrogen-bond donors (Lipinski definition) is 0. The Morgan fingerprint density at radius 2 is 1.39 bits per heavy atom. The Bertz CT molecular complexity index is 329. The Morgan fingerprint density at radius 1 is 0.833 bits per heavy atom. The van der Waals surface area contributed by atoms with Crippen molar-refractivity contribution in [3.63, 3.8) is 0 Å². The van der Waals surface area contributed by atoms with Crippen molar-refractivity contribution in [1.82, 2.24) is 0 Å². The molecule has 1 aliphatic rings. The van der Waals surface area contributed by atoms with Crippen LogP contribution in [0, 0.1) is 0 Å². The third-order valence-electron chi connectivity index (χ3n) is 3.47. The molecule has 3 heteroatoms. The van der Waals surface area contributed by atoms with Crippen LogP contribution in [0.5, 0.6) is 0 Å². The third kappa shape index (κ3) is 4.63. The summed E-state index contributed by atoms with van der Waals surface area (Å²) in [6.45, 7) is 3.89. The fourth-order valence-electron chi connectivity index (χ4n) is 2.22. The van der Waals surface area contributed by atoms with E-state index in [9.17, 15) is 9.59 Å². The maximum Gasteiger partial charge on any atom is 0.342 e. The molecule has 0 amide bonds. The summed E-state index contributed by atoms with van der Waals surface area (Å²) in [6.07, 6.45) is 10.6. The lowest BCUT2D eigenvalue weighted by Crippen LogP contribution is -2.01. The minimum Gasteiger partial charge on any atom is -0.386 e. The second-order valence-electron chi connectivity index (χ2n) is 5.01. The van der Waals surface area contributed by atoms with Crippen LogP contribution in [0.4, 0.5) is 0 Å². The van der Waals surface area contributed by atoms with Gasteiger partial charge in [-0.1, -0.05) is 51.9 Å². The molecule has 18 heavy (non-hydrogen) atoms. The molecule has 1 heterocycles. The number of ether oxygens (including phenoxy) is 1. The minimum absolute atomic E-state index is 0.430. The highest BCUT2D eigenvalue weighted by Gasteiger charge is 2.28. The molecule has 0 saturated carbocycles. The molecule has 0 aromatic heterocycles. The highest BCUT2D eigenvalue weighted by Crippen LogP contribution is 2.22. The molecule has 1 rings (SSSR count). The summed E-state index contributed by atoms with van der Waals surface area (Å²) in [6, 6.07) is 0. The van der Waals surface area contributed by atoms with Gasteiger partial charge in [0.25, 0.3) is 0 Å². The van der Waals surface area contributed by atoms with Crippen LogP contribution in [0.15, 0.2) is 11.1 Å². The highest BCUT2D eigenvalue weighted by molar-refractivity contribution is 6.11. The van der Waals surface area contributed by atoms with Gasteiger partial charge in [-0.05, 0) is 19.8 Å². The fourth-order valence-corrected chi connectivity index (χ4v) is 2.22. The molecule has 0 fully saturated rings. The third-order valence-corrected chi connectivity index (χ3v) is 3.47. The molecule has 0 atom stereocenters. The van der Waals surface area contributed by atoms with E-state index in [1.165, 1.54) is 38.5 Å². The predicted octanol–water partition coefficient (Wildman–Crippen LogP) is 3.92. The molecule has 0 aliphatic carbocycles. The van der Waals surface area contributed by atoms with Crippen molar-refractivity contribution < 1.29 is 14.3 Å². The molecular formula is C15H24O3. The highest BCUT2D eigenvalue weighted by atomic mass is 16.6. The van der Waals surface area contributed by atoms with Crippen molar-refractivity contribution in [2.24, 2.45) is 0 Å². The summed E-state index contributed by atoms with van der Waals surface area (Å²) in [7, 11) is 0. The number of carbonyl (C=O) groups excluding carboxylic acids is 2. The van der Waals surface area contributed by atoms with Gasteiger partial charge < -0.3 is 4.74 Å². The van der Waals surface area contributed by atoms with E-state index in [-0.39, 0.29) is 0 Å². The van der Waals surface area contributed by atoms with Crippen LogP contribution in [-0.2, 0) is 14.3 Å². The Hall–Kier alpha value is -1.12. The number of cyclic esters (lactones) is 2. The first-order valence-corrected chi connectivity index (χ1v) is 7.13. The van der Waals surface area contributed by atoms with Crippen LogP contribution in [0.1, 0.15) is 71.6 Å². The molecular weight excluding hydrogens is 228 g/mol. The van der Waals surface area contributed by atoms with E-state index >= 15 is 0 Å². The van der Waals surface area contributed by atoms with Gasteiger partial charge in [0.2, 0.25) is 0 Å². The van der Waals surface area contributed by atoms with Crippen LogP contribution >= 0.6 is 0 Å². The van der Waals surface area contributed by atoms with Crippen molar-refractivity contribution in [3.8, 4) is 0 Å². The molecule has 0 bridgehead atoms. The summed E-state index contributed by atoms with van der Waals surface area (Å²) in [5, 5.41) is 0. The number of carbonyl (C=O) groups is 2. The van der Waals surface area contributed by atoms with E-state index in [0.717, 1.165) is 12.8 Å². The molecule has 0 N–H and O–H groups in total. The van der Waals surface area contributed by atoms with Gasteiger partial charge in [-0.25, -0.2) is 9.59 Å². The molecule has 3 nitrogen and oxygen atoms in total. The van der Waals surface area contributed by atoms with Crippen LogP contribution in [0.25, 0.3) is 0 Å². The zero-order valence-electron chi connectivity index (χ0n) is 11.6. The van der Waals surface area contributed by atoms with E-state index in [2.05, 4.69) is 11.7 Å². The molecule has 1 aliphatic heterocycles. The monoisotopic (exact) mass is 252 g/mol. The van der Waals surface area contributed by atoms with Gasteiger partial charge in [-0.2, -0.15) is 0 Å². The largest absolute Gasteiger partial charge is 0.386 e. The molecule has 0 radical (unpaired) electrons. The quantitative estimate of drug-likeness (QED) is 0.355. The lowest BCUT2D eigenvalue weighted by Gasteiger charge is -2.02. The lowest BCUT2D eigenvalue weighted by atomic mass is 10.0. The lowest BCUT2D eigenvalue weighted by molar-refractivity contribution is -0.151. The van der Waals surface area contributed by atoms with Crippen molar-refractivity contribution in [3.05, 3.63) is 11.1 Å². The maximum absolute atomic E-state index is 11.3. The first kappa shape index (κ1) is 14.9. The van der Waals surface area contributed by atoms with Crippen LogP contribution in [0.2, 0.25) is 0 Å². The Balaban J connectivity index is 2.08. The molecule has 0 aromatic carbocycles. The normalized spacial score (nSPS) is 15.4. The molecule has 0 unspecified atom stereocenters. The molecule has 102 valence electrons. The zero-order chi connectivity index (χ0) is 13.4. The van der Waals surface area contributed by atoms with Crippen LogP contribution in [0.3, 0.4) is 0 Å². The fraction of sp³-hybridized carbons (Fsp3) is 0.733. The standard InChI is InChI=1S/C15H24O3/c1-3-4-5-6-7-8-9-10-11-13-12(2)14(16)18-15(13)17/h3-11H2,1-2H3. The summed E-state index contributed by atoms with van der Waals surface area (Å²) in [4.78, 5) is 22.5. The zero-order valence-corrected chi connectivity index (χ0v) is 11.6. The first-order valence-electron chi connectivity index (χ1n) is 7.13. The van der Waals surface area contributed by atoms with Crippen LogP contribution < -0.4 is 0 Å². The number of unbranched alkanes of at least 4 members (excludes halogenated alkanes) is 7. The van der Waals surface area contributed by atoms with Gasteiger partial charge >= 0.3 is 11.9 Å².